The van der Waals surface area contributed by atoms with Crippen molar-refractivity contribution in [3.05, 3.63) is 23.8 Å². The number of hydrogen-bond acceptors (Lipinski definition) is 4. The van der Waals surface area contributed by atoms with Gasteiger partial charge in [0.25, 0.3) is 0 Å². The van der Waals surface area contributed by atoms with E-state index in [2.05, 4.69) is 5.32 Å². The van der Waals surface area contributed by atoms with Gasteiger partial charge in [0.15, 0.2) is 9.84 Å². The van der Waals surface area contributed by atoms with Crippen LogP contribution in [0.25, 0.3) is 0 Å². The molecular weight excluding hydrogens is 254 g/mol. The maximum Gasteiger partial charge on any atom is 0.176 e. The summed E-state index contributed by atoms with van der Waals surface area (Å²) >= 11 is 1.52. The van der Waals surface area contributed by atoms with Crippen LogP contribution in [0.3, 0.4) is 0 Å². The molecule has 1 aromatic rings. The van der Waals surface area contributed by atoms with Crippen molar-refractivity contribution in [2.45, 2.75) is 28.7 Å². The van der Waals surface area contributed by atoms with Crippen molar-refractivity contribution in [3.63, 3.8) is 0 Å². The van der Waals surface area contributed by atoms with Crippen LogP contribution < -0.4 is 5.32 Å². The fourth-order valence-electron chi connectivity index (χ4n) is 2.27. The van der Waals surface area contributed by atoms with Crippen LogP contribution in [0.2, 0.25) is 0 Å². The van der Waals surface area contributed by atoms with E-state index in [4.69, 9.17) is 0 Å². The van der Waals surface area contributed by atoms with Crippen LogP contribution in [0.5, 0.6) is 0 Å². The number of nitrogens with one attached hydrogen (secondary N) is 1. The van der Waals surface area contributed by atoms with Gasteiger partial charge < -0.3 is 5.32 Å². The number of rotatable bonds is 3. The molecule has 0 bridgehead atoms. The molecule has 1 aromatic carbocycles. The zero-order valence-corrected chi connectivity index (χ0v) is 11.7. The fourth-order valence-corrected chi connectivity index (χ4v) is 4.47. The van der Waals surface area contributed by atoms with Gasteiger partial charge in [0.1, 0.15) is 0 Å². The molecule has 5 heteroatoms. The number of sulfone groups is 1. The predicted octanol–water partition coefficient (Wildman–Crippen LogP) is 2.24. The summed E-state index contributed by atoms with van der Waals surface area (Å²) in [7, 11) is -3.15. The van der Waals surface area contributed by atoms with Crippen molar-refractivity contribution >= 4 is 21.6 Å². The Morgan fingerprint density at radius 3 is 2.71 bits per heavy atom. The predicted molar refractivity (Wildman–Crippen MR) is 71.3 cm³/mol. The smallest absolute Gasteiger partial charge is 0.176 e. The van der Waals surface area contributed by atoms with Crippen molar-refractivity contribution in [1.82, 2.24) is 5.32 Å². The lowest BCUT2D eigenvalue weighted by Crippen LogP contribution is -2.15. The number of thioether (sulfide) groups is 1. The molecule has 0 radical (unpaired) electrons. The molecule has 0 saturated carbocycles. The molecule has 1 aliphatic rings. The lowest BCUT2D eigenvalue weighted by molar-refractivity contribution is 0.596. The average Bonchev–Trinajstić information content (AvgIpc) is 2.80. The van der Waals surface area contributed by atoms with Gasteiger partial charge in [-0.2, -0.15) is 0 Å². The Labute approximate surface area is 107 Å². The second-order valence-electron chi connectivity index (χ2n) is 4.30. The molecular formula is C12H17NO2S2. The van der Waals surface area contributed by atoms with Crippen LogP contribution in [0.15, 0.2) is 28.0 Å². The lowest BCUT2D eigenvalue weighted by atomic mass is 10.1. The van der Waals surface area contributed by atoms with E-state index in [-0.39, 0.29) is 0 Å². The molecule has 94 valence electrons. The van der Waals surface area contributed by atoms with Gasteiger partial charge in [0.2, 0.25) is 0 Å². The Morgan fingerprint density at radius 2 is 2.18 bits per heavy atom. The highest BCUT2D eigenvalue weighted by molar-refractivity contribution is 7.99. The number of hydrogen-bond donors (Lipinski definition) is 1. The van der Waals surface area contributed by atoms with E-state index in [9.17, 15) is 8.42 Å². The van der Waals surface area contributed by atoms with Crippen molar-refractivity contribution in [2.24, 2.45) is 0 Å². The summed E-state index contributed by atoms with van der Waals surface area (Å²) in [5.74, 6) is 0. The first kappa shape index (κ1) is 12.9. The Balaban J connectivity index is 2.53. The monoisotopic (exact) mass is 271 g/mol. The van der Waals surface area contributed by atoms with E-state index < -0.39 is 9.84 Å². The summed E-state index contributed by atoms with van der Waals surface area (Å²) < 4.78 is 23.5. The molecule has 2 rings (SSSR count). The molecule has 1 saturated heterocycles. The van der Waals surface area contributed by atoms with Gasteiger partial charge >= 0.3 is 0 Å². The van der Waals surface area contributed by atoms with Crippen LogP contribution in [0.4, 0.5) is 0 Å². The molecule has 0 aromatic heterocycles. The van der Waals surface area contributed by atoms with Crippen molar-refractivity contribution in [2.75, 3.05) is 19.1 Å². The normalized spacial score (nSPS) is 20.7. The molecule has 3 nitrogen and oxygen atoms in total. The standard InChI is InChI=1S/C12H17NO2S2/c1-16-12-9(10-6-4-8-13-10)5-3-7-11(12)17(2,14)15/h3,5,7,10,13H,4,6,8H2,1-2H3. The molecule has 17 heavy (non-hydrogen) atoms. The highest BCUT2D eigenvalue weighted by Gasteiger charge is 2.23. The summed E-state index contributed by atoms with van der Waals surface area (Å²) in [5, 5.41) is 3.42. The fraction of sp³-hybridized carbons (Fsp3) is 0.500. The Morgan fingerprint density at radius 1 is 1.41 bits per heavy atom. The van der Waals surface area contributed by atoms with Gasteiger partial charge in [-0.3, -0.25) is 0 Å². The van der Waals surface area contributed by atoms with Crippen molar-refractivity contribution < 1.29 is 8.42 Å². The molecule has 0 amide bonds. The summed E-state index contributed by atoms with van der Waals surface area (Å²) in [6.45, 7) is 1.02. The summed E-state index contributed by atoms with van der Waals surface area (Å²) in [6, 6.07) is 5.87. The Hall–Kier alpha value is -0.520. The Kier molecular flexibility index (Phi) is 3.80. The van der Waals surface area contributed by atoms with E-state index in [1.54, 1.807) is 6.07 Å². The largest absolute Gasteiger partial charge is 0.310 e. The summed E-state index contributed by atoms with van der Waals surface area (Å²) in [4.78, 5) is 1.35. The maximum atomic E-state index is 11.7. The maximum absolute atomic E-state index is 11.7. The van der Waals surface area contributed by atoms with Gasteiger partial charge in [-0.1, -0.05) is 12.1 Å². The first-order valence-electron chi connectivity index (χ1n) is 5.64. The molecule has 1 fully saturated rings. The van der Waals surface area contributed by atoms with Gasteiger partial charge in [-0.15, -0.1) is 11.8 Å². The van der Waals surface area contributed by atoms with Gasteiger partial charge in [0.05, 0.1) is 4.90 Å². The van der Waals surface area contributed by atoms with Gasteiger partial charge in [-0.05, 0) is 37.3 Å². The molecule has 0 aliphatic carbocycles. The molecule has 1 unspecified atom stereocenters. The third kappa shape index (κ3) is 2.67. The first-order chi connectivity index (χ1) is 8.04. The molecule has 1 heterocycles. The minimum atomic E-state index is -3.15. The van der Waals surface area contributed by atoms with E-state index in [1.165, 1.54) is 18.0 Å². The third-order valence-corrected chi connectivity index (χ3v) is 5.18. The highest BCUT2D eigenvalue weighted by Crippen LogP contribution is 2.35. The molecule has 0 spiro atoms. The zero-order chi connectivity index (χ0) is 12.5. The van der Waals surface area contributed by atoms with E-state index in [0.717, 1.165) is 29.8 Å². The SMILES string of the molecule is CSc1c(C2CCCN2)cccc1S(C)(=O)=O. The van der Waals surface area contributed by atoms with Crippen LogP contribution in [-0.4, -0.2) is 27.5 Å². The zero-order valence-electron chi connectivity index (χ0n) is 10.1. The quantitative estimate of drug-likeness (QED) is 0.856. The second kappa shape index (κ2) is 5.00. The third-order valence-electron chi connectivity index (χ3n) is 3.05. The number of benzene rings is 1. The van der Waals surface area contributed by atoms with E-state index in [1.807, 2.05) is 18.4 Å². The minimum absolute atomic E-state index is 0.305. The molecule has 1 atom stereocenters. The second-order valence-corrected chi connectivity index (χ2v) is 7.10. The van der Waals surface area contributed by atoms with Crippen molar-refractivity contribution in [1.29, 1.82) is 0 Å². The summed E-state index contributed by atoms with van der Waals surface area (Å²) in [5.41, 5.74) is 1.12. The molecule has 1 N–H and O–H groups in total. The highest BCUT2D eigenvalue weighted by atomic mass is 32.2. The van der Waals surface area contributed by atoms with Gasteiger partial charge in [0, 0.05) is 17.2 Å². The topological polar surface area (TPSA) is 46.2 Å². The van der Waals surface area contributed by atoms with E-state index in [0.29, 0.717) is 10.9 Å². The first-order valence-corrected chi connectivity index (χ1v) is 8.76. The van der Waals surface area contributed by atoms with E-state index >= 15 is 0 Å². The van der Waals surface area contributed by atoms with Crippen LogP contribution in [0, 0.1) is 0 Å². The van der Waals surface area contributed by atoms with Crippen molar-refractivity contribution in [3.8, 4) is 0 Å². The minimum Gasteiger partial charge on any atom is -0.310 e. The lowest BCUT2D eigenvalue weighted by Gasteiger charge is -2.17. The van der Waals surface area contributed by atoms with Crippen LogP contribution in [-0.2, 0) is 9.84 Å². The molecule has 1 aliphatic heterocycles. The average molecular weight is 271 g/mol. The Bertz CT molecular complexity index is 505. The van der Waals surface area contributed by atoms with Crippen LogP contribution in [0.1, 0.15) is 24.4 Å². The van der Waals surface area contributed by atoms with Gasteiger partial charge in [-0.25, -0.2) is 8.42 Å². The summed E-state index contributed by atoms with van der Waals surface area (Å²) in [6.07, 6.45) is 5.44. The van der Waals surface area contributed by atoms with Crippen LogP contribution >= 0.6 is 11.8 Å².